The third-order valence-electron chi connectivity index (χ3n) is 4.04. The second-order valence-electron chi connectivity index (χ2n) is 6.06. The van der Waals surface area contributed by atoms with Crippen LogP contribution in [-0.4, -0.2) is 35.2 Å². The molecule has 0 bridgehead atoms. The van der Waals surface area contributed by atoms with Crippen LogP contribution < -0.4 is 5.73 Å². The van der Waals surface area contributed by atoms with E-state index in [0.29, 0.717) is 0 Å². The first-order valence-corrected chi connectivity index (χ1v) is 7.30. The van der Waals surface area contributed by atoms with Gasteiger partial charge in [0.15, 0.2) is 0 Å². The number of hydrogen-bond donors (Lipinski definition) is 2. The fourth-order valence-electron chi connectivity index (χ4n) is 2.69. The molecule has 0 fully saturated rings. The Labute approximate surface area is 116 Å². The molecule has 106 valence electrons. The van der Waals surface area contributed by atoms with E-state index >= 15 is 0 Å². The number of nitrogens with two attached hydrogens (primary N) is 1. The quantitative estimate of drug-likeness (QED) is 0.770. The van der Waals surface area contributed by atoms with Crippen molar-refractivity contribution in [3.63, 3.8) is 0 Å². The molecule has 3 N–H and O–H groups in total. The first-order valence-electron chi connectivity index (χ1n) is 7.30. The summed E-state index contributed by atoms with van der Waals surface area (Å²) in [4.78, 5) is 2.52. The van der Waals surface area contributed by atoms with Crippen LogP contribution in [-0.2, 0) is 13.0 Å². The van der Waals surface area contributed by atoms with Crippen LogP contribution in [0.1, 0.15) is 37.3 Å². The van der Waals surface area contributed by atoms with E-state index in [-0.39, 0.29) is 6.61 Å². The van der Waals surface area contributed by atoms with Gasteiger partial charge in [0, 0.05) is 18.6 Å². The Kier molecular flexibility index (Phi) is 4.97. The Balaban J connectivity index is 1.71. The smallest absolute Gasteiger partial charge is 0.0608 e. The van der Waals surface area contributed by atoms with Crippen molar-refractivity contribution in [2.24, 2.45) is 5.73 Å². The minimum absolute atomic E-state index is 0.0735. The van der Waals surface area contributed by atoms with Crippen LogP contribution in [0.25, 0.3) is 0 Å². The van der Waals surface area contributed by atoms with E-state index in [9.17, 15) is 0 Å². The van der Waals surface area contributed by atoms with Crippen LogP contribution in [0, 0.1) is 0 Å². The van der Waals surface area contributed by atoms with Gasteiger partial charge in [-0.25, -0.2) is 0 Å². The number of nitrogens with zero attached hydrogens (tertiary/aromatic N) is 1. The second-order valence-corrected chi connectivity index (χ2v) is 6.06. The Hall–Kier alpha value is -0.900. The van der Waals surface area contributed by atoms with E-state index in [1.807, 2.05) is 6.92 Å². The molecule has 0 spiro atoms. The minimum Gasteiger partial charge on any atom is -0.394 e. The van der Waals surface area contributed by atoms with Gasteiger partial charge in [-0.2, -0.15) is 0 Å². The Morgan fingerprint density at radius 2 is 2.00 bits per heavy atom. The molecular formula is C16H26N2O. The van der Waals surface area contributed by atoms with Gasteiger partial charge in [0.1, 0.15) is 0 Å². The van der Waals surface area contributed by atoms with Gasteiger partial charge in [-0.3, -0.25) is 4.90 Å². The van der Waals surface area contributed by atoms with Crippen molar-refractivity contribution in [2.75, 3.05) is 19.7 Å². The van der Waals surface area contributed by atoms with Gasteiger partial charge < -0.3 is 10.8 Å². The van der Waals surface area contributed by atoms with E-state index in [0.717, 1.165) is 38.9 Å². The summed E-state index contributed by atoms with van der Waals surface area (Å²) in [6.07, 6.45) is 4.32. The summed E-state index contributed by atoms with van der Waals surface area (Å²) >= 11 is 0. The molecule has 0 aliphatic carbocycles. The number of fused-ring (bicyclic) bond motifs is 1. The fraction of sp³-hybridized carbons (Fsp3) is 0.625. The van der Waals surface area contributed by atoms with Gasteiger partial charge >= 0.3 is 0 Å². The summed E-state index contributed by atoms with van der Waals surface area (Å²) < 4.78 is 0. The van der Waals surface area contributed by atoms with Crippen LogP contribution >= 0.6 is 0 Å². The molecule has 1 heterocycles. The van der Waals surface area contributed by atoms with Crippen molar-refractivity contribution in [3.8, 4) is 0 Å². The second kappa shape index (κ2) is 6.51. The third-order valence-corrected chi connectivity index (χ3v) is 4.04. The average molecular weight is 262 g/mol. The number of aliphatic hydroxyl groups is 1. The Morgan fingerprint density at radius 1 is 1.26 bits per heavy atom. The molecule has 1 aliphatic heterocycles. The summed E-state index contributed by atoms with van der Waals surface area (Å²) in [5, 5.41) is 9.12. The third kappa shape index (κ3) is 4.30. The summed E-state index contributed by atoms with van der Waals surface area (Å²) in [6, 6.07) is 8.74. The minimum atomic E-state index is -0.408. The molecule has 1 atom stereocenters. The number of rotatable bonds is 6. The lowest BCUT2D eigenvalue weighted by Crippen LogP contribution is -2.40. The van der Waals surface area contributed by atoms with E-state index in [4.69, 9.17) is 10.8 Å². The van der Waals surface area contributed by atoms with E-state index < -0.39 is 5.54 Å². The lowest BCUT2D eigenvalue weighted by Gasteiger charge is -2.29. The fourth-order valence-corrected chi connectivity index (χ4v) is 2.69. The largest absolute Gasteiger partial charge is 0.394 e. The number of benzene rings is 1. The molecule has 19 heavy (non-hydrogen) atoms. The average Bonchev–Trinajstić information content (AvgIpc) is 2.43. The predicted molar refractivity (Wildman–Crippen MR) is 79.0 cm³/mol. The molecule has 0 radical (unpaired) electrons. The molecule has 2 rings (SSSR count). The molecule has 1 aromatic carbocycles. The van der Waals surface area contributed by atoms with Crippen LogP contribution in [0.15, 0.2) is 24.3 Å². The highest BCUT2D eigenvalue weighted by molar-refractivity contribution is 5.28. The summed E-state index contributed by atoms with van der Waals surface area (Å²) in [7, 11) is 0. The van der Waals surface area contributed by atoms with E-state index in [1.165, 1.54) is 17.5 Å². The topological polar surface area (TPSA) is 49.5 Å². The van der Waals surface area contributed by atoms with Crippen LogP contribution in [0.3, 0.4) is 0 Å². The lowest BCUT2D eigenvalue weighted by molar-refractivity contribution is 0.192. The molecule has 1 aliphatic rings. The van der Waals surface area contributed by atoms with Crippen molar-refractivity contribution >= 4 is 0 Å². The molecular weight excluding hydrogens is 236 g/mol. The van der Waals surface area contributed by atoms with Gasteiger partial charge in [0.2, 0.25) is 0 Å². The van der Waals surface area contributed by atoms with E-state index in [1.54, 1.807) is 0 Å². The molecule has 0 aromatic heterocycles. The summed E-state index contributed by atoms with van der Waals surface area (Å²) in [5.41, 5.74) is 8.51. The highest BCUT2D eigenvalue weighted by Crippen LogP contribution is 2.19. The molecule has 3 heteroatoms. The van der Waals surface area contributed by atoms with Crippen LogP contribution in [0.2, 0.25) is 0 Å². The highest BCUT2D eigenvalue weighted by atomic mass is 16.3. The standard InChI is InChI=1S/C16H26N2O/c1-16(17,13-19)9-4-5-10-18-11-8-14-6-2-3-7-15(14)12-18/h2-3,6-7,19H,4-5,8-13,17H2,1H3. The maximum atomic E-state index is 9.12. The maximum absolute atomic E-state index is 9.12. The number of aliphatic hydroxyl groups excluding tert-OH is 1. The predicted octanol–water partition coefficient (Wildman–Crippen LogP) is 1.92. The Bertz CT molecular complexity index is 403. The molecule has 1 unspecified atom stereocenters. The normalized spacial score (nSPS) is 18.9. The zero-order valence-electron chi connectivity index (χ0n) is 11.9. The van der Waals surface area contributed by atoms with Crippen molar-refractivity contribution in [1.29, 1.82) is 0 Å². The first-order chi connectivity index (χ1) is 9.11. The highest BCUT2D eigenvalue weighted by Gasteiger charge is 2.18. The maximum Gasteiger partial charge on any atom is 0.0608 e. The Morgan fingerprint density at radius 3 is 2.74 bits per heavy atom. The van der Waals surface area contributed by atoms with Gasteiger partial charge in [-0.15, -0.1) is 0 Å². The van der Waals surface area contributed by atoms with Crippen LogP contribution in [0.5, 0.6) is 0 Å². The van der Waals surface area contributed by atoms with Gasteiger partial charge in [0.05, 0.1) is 6.61 Å². The van der Waals surface area contributed by atoms with Gasteiger partial charge in [-0.1, -0.05) is 30.7 Å². The molecule has 0 saturated carbocycles. The number of unbranched alkanes of at least 4 members (excludes halogenated alkanes) is 1. The summed E-state index contributed by atoms with van der Waals surface area (Å²) in [5.74, 6) is 0. The molecule has 0 amide bonds. The van der Waals surface area contributed by atoms with E-state index in [2.05, 4.69) is 29.2 Å². The van der Waals surface area contributed by atoms with Gasteiger partial charge in [0.25, 0.3) is 0 Å². The molecule has 0 saturated heterocycles. The van der Waals surface area contributed by atoms with Crippen molar-refractivity contribution in [3.05, 3.63) is 35.4 Å². The van der Waals surface area contributed by atoms with Crippen molar-refractivity contribution in [2.45, 2.75) is 44.7 Å². The lowest BCUT2D eigenvalue weighted by atomic mass is 9.96. The van der Waals surface area contributed by atoms with Crippen LogP contribution in [0.4, 0.5) is 0 Å². The first kappa shape index (κ1) is 14.5. The number of hydrogen-bond acceptors (Lipinski definition) is 3. The molecule has 1 aromatic rings. The zero-order chi connectivity index (χ0) is 13.7. The van der Waals surface area contributed by atoms with Gasteiger partial charge in [-0.05, 0) is 43.9 Å². The SMILES string of the molecule is CC(N)(CO)CCCCN1CCc2ccccc2C1. The monoisotopic (exact) mass is 262 g/mol. The van der Waals surface area contributed by atoms with Crippen molar-refractivity contribution < 1.29 is 5.11 Å². The summed E-state index contributed by atoms with van der Waals surface area (Å²) in [6.45, 7) is 5.37. The zero-order valence-corrected chi connectivity index (χ0v) is 11.9. The molecule has 3 nitrogen and oxygen atoms in total. The van der Waals surface area contributed by atoms with Crippen molar-refractivity contribution in [1.82, 2.24) is 4.90 Å².